The van der Waals surface area contributed by atoms with Crippen molar-refractivity contribution in [3.63, 3.8) is 0 Å². The van der Waals surface area contributed by atoms with Crippen LogP contribution < -0.4 is 11.1 Å². The van der Waals surface area contributed by atoms with Crippen LogP contribution in [0.1, 0.15) is 24.2 Å². The minimum absolute atomic E-state index is 0.325. The molecule has 0 spiro atoms. The summed E-state index contributed by atoms with van der Waals surface area (Å²) in [6.45, 7) is 6.72. The Morgan fingerprint density at radius 2 is 2.26 bits per heavy atom. The van der Waals surface area contributed by atoms with Gasteiger partial charge in [-0.1, -0.05) is 6.92 Å². The van der Waals surface area contributed by atoms with E-state index in [-0.39, 0.29) is 0 Å². The molecular formula is C13H22N4O2. The molecule has 3 N–H and O–H groups in total. The van der Waals surface area contributed by atoms with Crippen molar-refractivity contribution in [1.29, 1.82) is 0 Å². The SMILES string of the molecule is CCOC(=O)c1cc(N)cnc1NCCN(C)CC. The van der Waals surface area contributed by atoms with E-state index in [4.69, 9.17) is 10.5 Å². The molecular weight excluding hydrogens is 244 g/mol. The molecule has 0 bridgehead atoms. The summed E-state index contributed by atoms with van der Waals surface area (Å²) in [5, 5.41) is 3.14. The Kier molecular flexibility index (Phi) is 6.08. The van der Waals surface area contributed by atoms with Crippen molar-refractivity contribution >= 4 is 17.5 Å². The van der Waals surface area contributed by atoms with Crippen molar-refractivity contribution in [2.45, 2.75) is 13.8 Å². The highest BCUT2D eigenvalue weighted by atomic mass is 16.5. The summed E-state index contributed by atoms with van der Waals surface area (Å²) in [5.74, 6) is 0.103. The van der Waals surface area contributed by atoms with Crippen LogP contribution in [-0.2, 0) is 4.74 Å². The number of nitrogens with zero attached hydrogens (tertiary/aromatic N) is 2. The van der Waals surface area contributed by atoms with Crippen LogP contribution in [0.2, 0.25) is 0 Å². The Morgan fingerprint density at radius 3 is 2.89 bits per heavy atom. The molecule has 1 aromatic rings. The van der Waals surface area contributed by atoms with Crippen LogP contribution in [-0.4, -0.2) is 49.1 Å². The molecule has 0 unspecified atom stereocenters. The van der Waals surface area contributed by atoms with Gasteiger partial charge in [-0.05, 0) is 26.6 Å². The number of nitrogens with one attached hydrogen (secondary N) is 1. The maximum Gasteiger partial charge on any atom is 0.341 e. The van der Waals surface area contributed by atoms with Crippen molar-refractivity contribution in [1.82, 2.24) is 9.88 Å². The van der Waals surface area contributed by atoms with Crippen LogP contribution in [0.25, 0.3) is 0 Å². The van der Waals surface area contributed by atoms with Gasteiger partial charge >= 0.3 is 5.97 Å². The Morgan fingerprint density at radius 1 is 1.53 bits per heavy atom. The molecule has 0 atom stereocenters. The molecule has 0 fully saturated rings. The number of carbonyl (C=O) groups excluding carboxylic acids is 1. The fraction of sp³-hybridized carbons (Fsp3) is 0.538. The number of carbonyl (C=O) groups is 1. The van der Waals surface area contributed by atoms with E-state index in [2.05, 4.69) is 22.1 Å². The largest absolute Gasteiger partial charge is 0.462 e. The first-order chi connectivity index (χ1) is 9.08. The molecule has 0 aliphatic rings. The first-order valence-electron chi connectivity index (χ1n) is 6.43. The van der Waals surface area contributed by atoms with E-state index in [1.165, 1.54) is 6.20 Å². The topological polar surface area (TPSA) is 80.5 Å². The van der Waals surface area contributed by atoms with Crippen LogP contribution in [0.4, 0.5) is 11.5 Å². The quantitative estimate of drug-likeness (QED) is 0.722. The normalized spacial score (nSPS) is 10.5. The first-order valence-corrected chi connectivity index (χ1v) is 6.43. The molecule has 0 aromatic carbocycles. The second kappa shape index (κ2) is 7.58. The maximum absolute atomic E-state index is 11.8. The van der Waals surface area contributed by atoms with Gasteiger partial charge in [0.05, 0.1) is 18.5 Å². The van der Waals surface area contributed by atoms with Gasteiger partial charge in [-0.15, -0.1) is 0 Å². The monoisotopic (exact) mass is 266 g/mol. The van der Waals surface area contributed by atoms with Crippen molar-refractivity contribution in [2.24, 2.45) is 0 Å². The average Bonchev–Trinajstić information content (AvgIpc) is 2.40. The standard InChI is InChI=1S/C13H22N4O2/c1-4-17(3)7-6-15-12-11(13(18)19-5-2)8-10(14)9-16-12/h8-9H,4-7,14H2,1-3H3,(H,15,16). The lowest BCUT2D eigenvalue weighted by molar-refractivity contribution is 0.0527. The Labute approximate surface area is 113 Å². The molecule has 0 saturated carbocycles. The number of likely N-dealkylation sites (N-methyl/N-ethyl adjacent to an activating group) is 1. The van der Waals surface area contributed by atoms with Gasteiger partial charge in [0.25, 0.3) is 0 Å². The number of nitrogen functional groups attached to an aromatic ring is 1. The lowest BCUT2D eigenvalue weighted by atomic mass is 10.2. The van der Waals surface area contributed by atoms with E-state index in [9.17, 15) is 4.79 Å². The average molecular weight is 266 g/mol. The van der Waals surface area contributed by atoms with Gasteiger partial charge in [-0.2, -0.15) is 0 Å². The fourth-order valence-electron chi connectivity index (χ4n) is 1.51. The van der Waals surface area contributed by atoms with E-state index in [1.54, 1.807) is 13.0 Å². The number of esters is 1. The molecule has 6 heteroatoms. The van der Waals surface area contributed by atoms with Crippen LogP contribution in [0, 0.1) is 0 Å². The number of aromatic nitrogens is 1. The highest BCUT2D eigenvalue weighted by Crippen LogP contribution is 2.16. The molecule has 1 aromatic heterocycles. The van der Waals surface area contributed by atoms with E-state index >= 15 is 0 Å². The molecule has 0 amide bonds. The third kappa shape index (κ3) is 4.75. The number of hydrogen-bond donors (Lipinski definition) is 2. The van der Waals surface area contributed by atoms with Crippen molar-refractivity contribution in [3.8, 4) is 0 Å². The van der Waals surface area contributed by atoms with Gasteiger partial charge in [0.2, 0.25) is 0 Å². The molecule has 106 valence electrons. The summed E-state index contributed by atoms with van der Waals surface area (Å²) in [6, 6.07) is 1.58. The summed E-state index contributed by atoms with van der Waals surface area (Å²) < 4.78 is 4.99. The predicted octanol–water partition coefficient (Wildman–Crippen LogP) is 1.20. The fourth-order valence-corrected chi connectivity index (χ4v) is 1.51. The number of anilines is 2. The highest BCUT2D eigenvalue weighted by Gasteiger charge is 2.14. The van der Waals surface area contributed by atoms with Gasteiger partial charge in [-0.3, -0.25) is 0 Å². The van der Waals surface area contributed by atoms with Gasteiger partial charge in [0, 0.05) is 13.1 Å². The number of nitrogens with two attached hydrogens (primary N) is 1. The summed E-state index contributed by atoms with van der Waals surface area (Å²) >= 11 is 0. The minimum Gasteiger partial charge on any atom is -0.462 e. The van der Waals surface area contributed by atoms with Gasteiger partial charge < -0.3 is 20.7 Å². The Hall–Kier alpha value is -1.82. The smallest absolute Gasteiger partial charge is 0.341 e. The lowest BCUT2D eigenvalue weighted by Gasteiger charge is -2.15. The molecule has 6 nitrogen and oxygen atoms in total. The second-order valence-electron chi connectivity index (χ2n) is 4.21. The zero-order chi connectivity index (χ0) is 14.3. The number of pyridine rings is 1. The van der Waals surface area contributed by atoms with Crippen molar-refractivity contribution in [2.75, 3.05) is 44.3 Å². The molecule has 1 heterocycles. The van der Waals surface area contributed by atoms with Crippen LogP contribution >= 0.6 is 0 Å². The summed E-state index contributed by atoms with van der Waals surface area (Å²) in [4.78, 5) is 18.1. The van der Waals surface area contributed by atoms with E-state index in [0.717, 1.165) is 13.1 Å². The molecule has 0 radical (unpaired) electrons. The molecule has 0 saturated heterocycles. The van der Waals surface area contributed by atoms with E-state index < -0.39 is 5.97 Å². The van der Waals surface area contributed by atoms with Crippen LogP contribution in [0.3, 0.4) is 0 Å². The zero-order valence-electron chi connectivity index (χ0n) is 11.8. The molecule has 1 rings (SSSR count). The summed E-state index contributed by atoms with van der Waals surface area (Å²) in [6.07, 6.45) is 1.52. The van der Waals surface area contributed by atoms with Gasteiger partial charge in [0.1, 0.15) is 11.4 Å². The molecule has 0 aliphatic heterocycles. The molecule has 19 heavy (non-hydrogen) atoms. The molecule has 0 aliphatic carbocycles. The third-order valence-electron chi connectivity index (χ3n) is 2.73. The lowest BCUT2D eigenvalue weighted by Crippen LogP contribution is -2.25. The minimum atomic E-state index is -0.409. The number of rotatable bonds is 7. The zero-order valence-corrected chi connectivity index (χ0v) is 11.8. The Balaban J connectivity index is 2.73. The van der Waals surface area contributed by atoms with E-state index in [1.807, 2.05) is 7.05 Å². The van der Waals surface area contributed by atoms with Crippen LogP contribution in [0.15, 0.2) is 12.3 Å². The van der Waals surface area contributed by atoms with Crippen molar-refractivity contribution in [3.05, 3.63) is 17.8 Å². The van der Waals surface area contributed by atoms with Gasteiger partial charge in [0.15, 0.2) is 0 Å². The highest BCUT2D eigenvalue weighted by molar-refractivity contribution is 5.95. The Bertz CT molecular complexity index is 423. The second-order valence-corrected chi connectivity index (χ2v) is 4.21. The summed E-state index contributed by atoms with van der Waals surface area (Å²) in [5.41, 5.74) is 6.47. The maximum atomic E-state index is 11.8. The van der Waals surface area contributed by atoms with Crippen molar-refractivity contribution < 1.29 is 9.53 Å². The number of ether oxygens (including phenoxy) is 1. The van der Waals surface area contributed by atoms with Gasteiger partial charge in [-0.25, -0.2) is 9.78 Å². The van der Waals surface area contributed by atoms with Crippen LogP contribution in [0.5, 0.6) is 0 Å². The third-order valence-corrected chi connectivity index (χ3v) is 2.73. The predicted molar refractivity (Wildman–Crippen MR) is 76.3 cm³/mol. The number of hydrogen-bond acceptors (Lipinski definition) is 6. The summed E-state index contributed by atoms with van der Waals surface area (Å²) in [7, 11) is 2.03. The first kappa shape index (κ1) is 15.2. The van der Waals surface area contributed by atoms with E-state index in [0.29, 0.717) is 30.2 Å².